The quantitative estimate of drug-likeness (QED) is 0.594. The smallest absolute Gasteiger partial charge is 0.179 e. The van der Waals surface area contributed by atoms with E-state index in [0.717, 1.165) is 11.1 Å². The van der Waals surface area contributed by atoms with Crippen molar-refractivity contribution in [1.29, 1.82) is 0 Å². The Hall–Kier alpha value is 0.354. The van der Waals surface area contributed by atoms with Gasteiger partial charge in [-0.1, -0.05) is 40.5 Å². The van der Waals surface area contributed by atoms with E-state index in [9.17, 15) is 0 Å². The molecule has 4 atom stereocenters. The van der Waals surface area contributed by atoms with Crippen LogP contribution in [0.25, 0.3) is 0 Å². The molecule has 0 N–H and O–H groups in total. The monoisotopic (exact) mass is 262 g/mol. The predicted octanol–water partition coefficient (Wildman–Crippen LogP) is 3.33. The molecule has 0 aromatic heterocycles. The van der Waals surface area contributed by atoms with Gasteiger partial charge in [0.25, 0.3) is 0 Å². The molecule has 98 valence electrons. The van der Waals surface area contributed by atoms with Gasteiger partial charge in [0, 0.05) is 14.2 Å². The van der Waals surface area contributed by atoms with Crippen LogP contribution >= 0.6 is 0 Å². The number of hydrogen-bond acceptors (Lipinski definition) is 2. The Bertz CT molecular complexity index is 149. The lowest BCUT2D eigenvalue weighted by atomic mass is 10.3. The van der Waals surface area contributed by atoms with Gasteiger partial charge in [-0.05, 0) is 23.2 Å². The van der Waals surface area contributed by atoms with Crippen LogP contribution in [0.3, 0.4) is 0 Å². The SMILES string of the molecule is CCC[SiH](OC)C(C)C(C)[SiH](CCC)OC. The fourth-order valence-electron chi connectivity index (χ4n) is 2.44. The lowest BCUT2D eigenvalue weighted by Crippen LogP contribution is -2.32. The van der Waals surface area contributed by atoms with E-state index in [2.05, 4.69) is 27.7 Å². The Morgan fingerprint density at radius 1 is 0.812 bits per heavy atom. The first kappa shape index (κ1) is 16.4. The standard InChI is InChI=1S/C12H30O2Si2/c1-7-9-15(13-5)11(3)12(4)16(14-6)10-8-2/h11-12,15-16H,7-10H2,1-6H3. The highest BCUT2D eigenvalue weighted by molar-refractivity contribution is 6.60. The van der Waals surface area contributed by atoms with Crippen molar-refractivity contribution < 1.29 is 8.85 Å². The summed E-state index contributed by atoms with van der Waals surface area (Å²) in [5.41, 5.74) is 1.52. The lowest BCUT2D eigenvalue weighted by Gasteiger charge is -2.30. The molecular weight excluding hydrogens is 232 g/mol. The maximum atomic E-state index is 5.75. The average Bonchev–Trinajstić information content (AvgIpc) is 2.31. The maximum Gasteiger partial charge on any atom is 0.179 e. The Morgan fingerprint density at radius 2 is 1.12 bits per heavy atom. The summed E-state index contributed by atoms with van der Waals surface area (Å²) in [5.74, 6) is 0. The third-order valence-corrected chi connectivity index (χ3v) is 11.3. The van der Waals surface area contributed by atoms with Crippen LogP contribution in [0.1, 0.15) is 40.5 Å². The molecule has 0 aliphatic heterocycles. The zero-order chi connectivity index (χ0) is 12.6. The Kier molecular flexibility index (Phi) is 9.60. The van der Waals surface area contributed by atoms with E-state index in [4.69, 9.17) is 8.85 Å². The van der Waals surface area contributed by atoms with Crippen LogP contribution in [0.4, 0.5) is 0 Å². The molecule has 0 aromatic rings. The van der Waals surface area contributed by atoms with Crippen molar-refractivity contribution in [2.75, 3.05) is 14.2 Å². The summed E-state index contributed by atoms with van der Waals surface area (Å²) in [4.78, 5) is 0. The highest BCUT2D eigenvalue weighted by atomic mass is 28.3. The van der Waals surface area contributed by atoms with Crippen molar-refractivity contribution >= 4 is 18.1 Å². The van der Waals surface area contributed by atoms with E-state index in [1.165, 1.54) is 24.9 Å². The topological polar surface area (TPSA) is 18.5 Å². The van der Waals surface area contributed by atoms with Gasteiger partial charge in [-0.15, -0.1) is 0 Å². The Balaban J connectivity index is 4.35. The summed E-state index contributed by atoms with van der Waals surface area (Å²) < 4.78 is 11.5. The highest BCUT2D eigenvalue weighted by Crippen LogP contribution is 2.33. The van der Waals surface area contributed by atoms with E-state index in [-0.39, 0.29) is 0 Å². The average molecular weight is 263 g/mol. The molecule has 0 fully saturated rings. The van der Waals surface area contributed by atoms with Crippen molar-refractivity contribution in [1.82, 2.24) is 0 Å². The molecule has 0 radical (unpaired) electrons. The van der Waals surface area contributed by atoms with Gasteiger partial charge in [0.1, 0.15) is 0 Å². The van der Waals surface area contributed by atoms with Gasteiger partial charge in [-0.3, -0.25) is 0 Å². The first-order chi connectivity index (χ1) is 7.62. The second-order valence-electron chi connectivity index (χ2n) is 4.84. The van der Waals surface area contributed by atoms with E-state index in [0.29, 0.717) is 0 Å². The van der Waals surface area contributed by atoms with Crippen LogP contribution in [0.15, 0.2) is 0 Å². The normalized spacial score (nSPS) is 19.1. The molecule has 0 heterocycles. The zero-order valence-corrected chi connectivity index (χ0v) is 14.3. The third kappa shape index (κ3) is 5.12. The minimum absolute atomic E-state index is 0.758. The molecule has 4 unspecified atom stereocenters. The van der Waals surface area contributed by atoms with Crippen LogP contribution in [0.5, 0.6) is 0 Å². The third-order valence-electron chi connectivity index (χ3n) is 3.75. The van der Waals surface area contributed by atoms with Gasteiger partial charge in [0.15, 0.2) is 18.1 Å². The molecule has 0 saturated carbocycles. The summed E-state index contributed by atoms with van der Waals surface area (Å²) in [6.45, 7) is 9.28. The summed E-state index contributed by atoms with van der Waals surface area (Å²) >= 11 is 0. The number of rotatable bonds is 9. The second-order valence-corrected chi connectivity index (χ2v) is 11.2. The van der Waals surface area contributed by atoms with E-state index < -0.39 is 18.1 Å². The first-order valence-corrected chi connectivity index (χ1v) is 10.6. The fourth-order valence-corrected chi connectivity index (χ4v) is 8.80. The largest absolute Gasteiger partial charge is 0.423 e. The van der Waals surface area contributed by atoms with Crippen LogP contribution in [0, 0.1) is 0 Å². The first-order valence-electron chi connectivity index (χ1n) is 6.67. The molecular formula is C12H30O2Si2. The summed E-state index contributed by atoms with van der Waals surface area (Å²) in [7, 11) is 1.79. The molecule has 0 saturated heterocycles. The fraction of sp³-hybridized carbons (Fsp3) is 1.00. The molecule has 0 rings (SSSR count). The number of hydrogen-bond donors (Lipinski definition) is 0. The molecule has 0 spiro atoms. The van der Waals surface area contributed by atoms with Crippen LogP contribution in [0.2, 0.25) is 23.2 Å². The highest BCUT2D eigenvalue weighted by Gasteiger charge is 2.30. The molecule has 2 nitrogen and oxygen atoms in total. The van der Waals surface area contributed by atoms with Crippen LogP contribution in [-0.4, -0.2) is 32.3 Å². The summed E-state index contributed by atoms with van der Waals surface area (Å²) in [6, 6.07) is 2.61. The maximum absolute atomic E-state index is 5.75. The predicted molar refractivity (Wildman–Crippen MR) is 77.4 cm³/mol. The van der Waals surface area contributed by atoms with Crippen LogP contribution in [-0.2, 0) is 8.85 Å². The Morgan fingerprint density at radius 3 is 1.31 bits per heavy atom. The van der Waals surface area contributed by atoms with Gasteiger partial charge in [0.05, 0.1) is 0 Å². The van der Waals surface area contributed by atoms with E-state index >= 15 is 0 Å². The van der Waals surface area contributed by atoms with Crippen molar-refractivity contribution in [3.8, 4) is 0 Å². The molecule has 0 bridgehead atoms. The van der Waals surface area contributed by atoms with Crippen molar-refractivity contribution in [2.24, 2.45) is 0 Å². The van der Waals surface area contributed by atoms with Gasteiger partial charge in [-0.25, -0.2) is 0 Å². The zero-order valence-electron chi connectivity index (χ0n) is 12.0. The summed E-state index contributed by atoms with van der Waals surface area (Å²) in [5, 5.41) is 0. The molecule has 0 amide bonds. The molecule has 0 aromatic carbocycles. The van der Waals surface area contributed by atoms with Gasteiger partial charge in [0.2, 0.25) is 0 Å². The van der Waals surface area contributed by atoms with Crippen molar-refractivity contribution in [2.45, 2.75) is 63.7 Å². The minimum atomic E-state index is -1.01. The second kappa shape index (κ2) is 9.39. The molecule has 0 aliphatic carbocycles. The van der Waals surface area contributed by atoms with Gasteiger partial charge in [-0.2, -0.15) is 0 Å². The van der Waals surface area contributed by atoms with Crippen molar-refractivity contribution in [3.05, 3.63) is 0 Å². The lowest BCUT2D eigenvalue weighted by molar-refractivity contribution is 0.384. The van der Waals surface area contributed by atoms with E-state index in [1.54, 1.807) is 0 Å². The van der Waals surface area contributed by atoms with E-state index in [1.807, 2.05) is 14.2 Å². The van der Waals surface area contributed by atoms with Crippen LogP contribution < -0.4 is 0 Å². The van der Waals surface area contributed by atoms with Crippen molar-refractivity contribution in [3.63, 3.8) is 0 Å². The minimum Gasteiger partial charge on any atom is -0.423 e. The van der Waals surface area contributed by atoms with Gasteiger partial charge < -0.3 is 8.85 Å². The summed E-state index contributed by atoms with van der Waals surface area (Å²) in [6.07, 6.45) is 2.52. The van der Waals surface area contributed by atoms with Gasteiger partial charge >= 0.3 is 0 Å². The molecule has 0 aliphatic rings. The molecule has 4 heteroatoms. The Labute approximate surface area is 105 Å². The molecule has 16 heavy (non-hydrogen) atoms.